The van der Waals surface area contributed by atoms with E-state index in [4.69, 9.17) is 9.47 Å². The Kier molecular flexibility index (Phi) is 7.76. The van der Waals surface area contributed by atoms with Gasteiger partial charge in [0.05, 0.1) is 19.8 Å². The molecular weight excluding hydrogens is 451 g/mol. The monoisotopic (exact) mass is 474 g/mol. The van der Waals surface area contributed by atoms with Gasteiger partial charge in [0.2, 0.25) is 0 Å². The molecule has 2 aromatic rings. The van der Waals surface area contributed by atoms with E-state index in [1.54, 1.807) is 18.4 Å². The molecule has 2 N–H and O–H groups in total. The largest absolute Gasteiger partial charge is 0.490 e. The van der Waals surface area contributed by atoms with Gasteiger partial charge < -0.3 is 20.1 Å². The van der Waals surface area contributed by atoms with Crippen molar-refractivity contribution in [2.75, 3.05) is 25.6 Å². The molecule has 0 unspecified atom stereocenters. The van der Waals surface area contributed by atoms with Crippen molar-refractivity contribution in [3.8, 4) is 11.5 Å². The van der Waals surface area contributed by atoms with Gasteiger partial charge in [-0.15, -0.1) is 35.3 Å². The number of anilines is 1. The molecule has 6 nitrogen and oxygen atoms in total. The predicted octanol–water partition coefficient (Wildman–Crippen LogP) is 3.67. The summed E-state index contributed by atoms with van der Waals surface area (Å²) in [4.78, 5) is 9.95. The lowest BCUT2D eigenvalue weighted by Crippen LogP contribution is -2.30. The van der Waals surface area contributed by atoms with Crippen molar-refractivity contribution in [3.63, 3.8) is 0 Å². The van der Waals surface area contributed by atoms with Gasteiger partial charge in [0, 0.05) is 36.3 Å². The molecule has 136 valence electrons. The van der Waals surface area contributed by atoms with E-state index in [1.165, 1.54) is 4.88 Å². The molecule has 2 heterocycles. The van der Waals surface area contributed by atoms with E-state index in [-0.39, 0.29) is 24.0 Å². The number of benzene rings is 1. The first kappa shape index (κ1) is 19.8. The number of nitrogens with zero attached hydrogens (tertiary/aromatic N) is 2. The van der Waals surface area contributed by atoms with Gasteiger partial charge >= 0.3 is 0 Å². The highest BCUT2D eigenvalue weighted by Crippen LogP contribution is 2.32. The summed E-state index contributed by atoms with van der Waals surface area (Å²) < 4.78 is 11.4. The molecule has 1 aliphatic heterocycles. The van der Waals surface area contributed by atoms with Gasteiger partial charge in [0.15, 0.2) is 17.5 Å². The molecule has 25 heavy (non-hydrogen) atoms. The van der Waals surface area contributed by atoms with Crippen molar-refractivity contribution in [1.29, 1.82) is 0 Å². The minimum Gasteiger partial charge on any atom is -0.490 e. The van der Waals surface area contributed by atoms with Crippen LogP contribution in [-0.4, -0.2) is 31.2 Å². The van der Waals surface area contributed by atoms with Gasteiger partial charge in [-0.3, -0.25) is 4.99 Å². The second-order valence-electron chi connectivity index (χ2n) is 5.34. The zero-order valence-corrected chi connectivity index (χ0v) is 17.5. The number of hydrogen-bond donors (Lipinski definition) is 2. The van der Waals surface area contributed by atoms with Crippen LogP contribution in [-0.2, 0) is 13.0 Å². The SMILES string of the molecule is CCc1cnc(CNC(=NC)Nc2ccc3c(c2)OCCCO3)s1.I. The molecule has 0 saturated heterocycles. The molecule has 0 amide bonds. The Bertz CT molecular complexity index is 720. The van der Waals surface area contributed by atoms with Gasteiger partial charge in [-0.1, -0.05) is 6.92 Å². The lowest BCUT2D eigenvalue weighted by molar-refractivity contribution is 0.297. The minimum atomic E-state index is 0. The third-order valence-electron chi connectivity index (χ3n) is 3.59. The Labute approximate surface area is 169 Å². The Morgan fingerprint density at radius 2 is 2.08 bits per heavy atom. The normalized spacial score (nSPS) is 13.6. The van der Waals surface area contributed by atoms with Crippen LogP contribution in [0.25, 0.3) is 0 Å². The number of guanidine groups is 1. The molecule has 3 rings (SSSR count). The number of hydrogen-bond acceptors (Lipinski definition) is 5. The molecule has 1 aromatic carbocycles. The first-order chi connectivity index (χ1) is 11.8. The molecule has 1 aliphatic rings. The van der Waals surface area contributed by atoms with Gasteiger partial charge in [-0.05, 0) is 18.6 Å². The van der Waals surface area contributed by atoms with Crippen molar-refractivity contribution in [3.05, 3.63) is 34.3 Å². The first-order valence-corrected chi connectivity index (χ1v) is 8.91. The summed E-state index contributed by atoms with van der Waals surface area (Å²) in [6.45, 7) is 4.15. The average molecular weight is 474 g/mol. The highest BCUT2D eigenvalue weighted by molar-refractivity contribution is 14.0. The summed E-state index contributed by atoms with van der Waals surface area (Å²) in [5, 5.41) is 7.60. The van der Waals surface area contributed by atoms with Crippen molar-refractivity contribution in [2.45, 2.75) is 26.3 Å². The van der Waals surface area contributed by atoms with Gasteiger partial charge in [0.25, 0.3) is 0 Å². The van der Waals surface area contributed by atoms with Crippen LogP contribution in [0, 0.1) is 0 Å². The highest BCUT2D eigenvalue weighted by atomic mass is 127. The van der Waals surface area contributed by atoms with Crippen LogP contribution >= 0.6 is 35.3 Å². The summed E-state index contributed by atoms with van der Waals surface area (Å²) >= 11 is 1.72. The number of aromatic nitrogens is 1. The number of aliphatic imine (C=N–C) groups is 1. The van der Waals surface area contributed by atoms with Crippen LogP contribution in [0.15, 0.2) is 29.4 Å². The highest BCUT2D eigenvalue weighted by Gasteiger charge is 2.11. The standard InChI is InChI=1S/C17H22N4O2S.HI/c1-3-13-10-19-16(24-13)11-20-17(18-2)21-12-5-6-14-15(9-12)23-8-4-7-22-14;/h5-6,9-10H,3-4,7-8,11H2,1-2H3,(H2,18,20,21);1H. The van der Waals surface area contributed by atoms with Crippen LogP contribution in [0.2, 0.25) is 0 Å². The third kappa shape index (κ3) is 5.46. The number of ether oxygens (including phenoxy) is 2. The van der Waals surface area contributed by atoms with E-state index in [9.17, 15) is 0 Å². The van der Waals surface area contributed by atoms with Crippen LogP contribution in [0.3, 0.4) is 0 Å². The van der Waals surface area contributed by atoms with Crippen LogP contribution in [0.1, 0.15) is 23.2 Å². The van der Waals surface area contributed by atoms with E-state index in [0.717, 1.165) is 35.0 Å². The summed E-state index contributed by atoms with van der Waals surface area (Å²) in [7, 11) is 1.75. The molecule has 0 radical (unpaired) electrons. The molecule has 0 spiro atoms. The smallest absolute Gasteiger partial charge is 0.195 e. The predicted molar refractivity (Wildman–Crippen MR) is 113 cm³/mol. The Hall–Kier alpha value is -1.55. The van der Waals surface area contributed by atoms with E-state index in [0.29, 0.717) is 25.7 Å². The third-order valence-corrected chi connectivity index (χ3v) is 4.73. The van der Waals surface area contributed by atoms with E-state index in [2.05, 4.69) is 27.5 Å². The molecule has 0 bridgehead atoms. The molecule has 0 saturated carbocycles. The number of fused-ring (bicyclic) bond motifs is 1. The lowest BCUT2D eigenvalue weighted by Gasteiger charge is -2.13. The van der Waals surface area contributed by atoms with E-state index >= 15 is 0 Å². The van der Waals surface area contributed by atoms with Gasteiger partial charge in [-0.25, -0.2) is 4.98 Å². The summed E-state index contributed by atoms with van der Waals surface area (Å²) in [5.41, 5.74) is 0.903. The molecule has 8 heteroatoms. The molecule has 0 atom stereocenters. The second kappa shape index (κ2) is 9.81. The molecular formula is C17H23IN4O2S. The van der Waals surface area contributed by atoms with Crippen molar-refractivity contribution in [1.82, 2.24) is 10.3 Å². The minimum absolute atomic E-state index is 0. The van der Waals surface area contributed by atoms with Gasteiger partial charge in [-0.2, -0.15) is 0 Å². The van der Waals surface area contributed by atoms with Crippen molar-refractivity contribution in [2.24, 2.45) is 4.99 Å². The fraction of sp³-hybridized carbons (Fsp3) is 0.412. The topological polar surface area (TPSA) is 67.8 Å². The Balaban J connectivity index is 0.00000225. The Morgan fingerprint density at radius 1 is 1.28 bits per heavy atom. The number of nitrogens with one attached hydrogen (secondary N) is 2. The molecule has 0 fully saturated rings. The van der Waals surface area contributed by atoms with Crippen LogP contribution < -0.4 is 20.1 Å². The quantitative estimate of drug-likeness (QED) is 0.402. The van der Waals surface area contributed by atoms with E-state index < -0.39 is 0 Å². The first-order valence-electron chi connectivity index (χ1n) is 8.09. The van der Waals surface area contributed by atoms with E-state index in [1.807, 2.05) is 24.4 Å². The summed E-state index contributed by atoms with van der Waals surface area (Å²) in [6.07, 6.45) is 3.84. The fourth-order valence-electron chi connectivity index (χ4n) is 2.31. The average Bonchev–Trinajstić information content (AvgIpc) is 2.95. The number of aryl methyl sites for hydroxylation is 1. The second-order valence-corrected chi connectivity index (χ2v) is 6.54. The number of rotatable bonds is 4. The van der Waals surface area contributed by atoms with Crippen LogP contribution in [0.4, 0.5) is 5.69 Å². The molecule has 0 aliphatic carbocycles. The molecule has 1 aromatic heterocycles. The van der Waals surface area contributed by atoms with Crippen molar-refractivity contribution < 1.29 is 9.47 Å². The maximum Gasteiger partial charge on any atom is 0.195 e. The maximum atomic E-state index is 5.72. The zero-order valence-electron chi connectivity index (χ0n) is 14.4. The lowest BCUT2D eigenvalue weighted by atomic mass is 10.3. The summed E-state index contributed by atoms with van der Waals surface area (Å²) in [6, 6.07) is 5.82. The zero-order chi connectivity index (χ0) is 16.8. The van der Waals surface area contributed by atoms with Gasteiger partial charge in [0.1, 0.15) is 5.01 Å². The Morgan fingerprint density at radius 3 is 2.80 bits per heavy atom. The van der Waals surface area contributed by atoms with Crippen molar-refractivity contribution >= 4 is 47.0 Å². The fourth-order valence-corrected chi connectivity index (χ4v) is 3.11. The maximum absolute atomic E-state index is 5.72. The number of halogens is 1. The summed E-state index contributed by atoms with van der Waals surface area (Å²) in [5.74, 6) is 2.24. The number of thiazole rings is 1. The van der Waals surface area contributed by atoms with Crippen LogP contribution in [0.5, 0.6) is 11.5 Å².